The number of hydrogen-bond donors (Lipinski definition) is 2. The van der Waals surface area contributed by atoms with Gasteiger partial charge in [0.05, 0.1) is 5.69 Å². The Balaban J connectivity index is 2.03. The number of nitrogens with zero attached hydrogens (tertiary/aromatic N) is 1. The molecule has 2 N–H and O–H groups in total. The normalized spacial score (nSPS) is 16.5. The number of rotatable bonds is 2. The predicted molar refractivity (Wildman–Crippen MR) is 83.5 cm³/mol. The summed E-state index contributed by atoms with van der Waals surface area (Å²) in [4.78, 5) is 37.0. The Kier molecular flexibility index (Phi) is 3.83. The number of hydrogen-bond acceptors (Lipinski definition) is 4. The van der Waals surface area contributed by atoms with E-state index in [9.17, 15) is 23.9 Å². The first kappa shape index (κ1) is 15.4. The summed E-state index contributed by atoms with van der Waals surface area (Å²) in [6.45, 7) is 0. The van der Waals surface area contributed by atoms with E-state index in [0.717, 1.165) is 6.07 Å². The molecule has 6 nitrogen and oxygen atoms in total. The number of phenolic OH excluding ortho intramolecular Hbond substituents is 1. The molecule has 3 rings (SSSR count). The minimum atomic E-state index is -1.02. The van der Waals surface area contributed by atoms with Gasteiger partial charge >= 0.3 is 6.03 Å². The van der Waals surface area contributed by atoms with Crippen LogP contribution in [-0.4, -0.2) is 23.0 Å². The average molecular weight is 326 g/mol. The molecule has 1 aliphatic heterocycles. The lowest BCUT2D eigenvalue weighted by atomic mass is 10.1. The van der Waals surface area contributed by atoms with Crippen molar-refractivity contribution in [2.24, 2.45) is 0 Å². The summed E-state index contributed by atoms with van der Waals surface area (Å²) in [6.07, 6.45) is 1.26. The Morgan fingerprint density at radius 2 is 1.67 bits per heavy atom. The lowest BCUT2D eigenvalue weighted by molar-refractivity contribution is -0.122. The Hall–Kier alpha value is -3.48. The summed E-state index contributed by atoms with van der Waals surface area (Å²) in [6, 6.07) is 10.0. The van der Waals surface area contributed by atoms with Gasteiger partial charge in [0.2, 0.25) is 0 Å². The van der Waals surface area contributed by atoms with Gasteiger partial charge < -0.3 is 5.11 Å². The van der Waals surface area contributed by atoms with Crippen LogP contribution >= 0.6 is 0 Å². The van der Waals surface area contributed by atoms with E-state index in [4.69, 9.17) is 0 Å². The fourth-order valence-electron chi connectivity index (χ4n) is 2.25. The first-order valence-corrected chi connectivity index (χ1v) is 6.92. The molecule has 1 aliphatic rings. The topological polar surface area (TPSA) is 86.7 Å². The van der Waals surface area contributed by atoms with Crippen molar-refractivity contribution >= 4 is 29.6 Å². The van der Waals surface area contributed by atoms with Crippen molar-refractivity contribution in [3.8, 4) is 5.75 Å². The van der Waals surface area contributed by atoms with Crippen LogP contribution < -0.4 is 10.2 Å². The molecule has 0 aromatic heterocycles. The molecule has 0 radical (unpaired) electrons. The maximum Gasteiger partial charge on any atom is 0.336 e. The van der Waals surface area contributed by atoms with Gasteiger partial charge in [0.15, 0.2) is 0 Å². The number of imide groups is 2. The Morgan fingerprint density at radius 1 is 1.00 bits per heavy atom. The van der Waals surface area contributed by atoms with Crippen LogP contribution in [0.3, 0.4) is 0 Å². The minimum Gasteiger partial charge on any atom is -0.508 e. The molecule has 1 saturated heterocycles. The number of nitrogens with one attached hydrogen (secondary N) is 1. The first-order valence-electron chi connectivity index (χ1n) is 6.92. The molecule has 2 aromatic rings. The molecule has 2 aromatic carbocycles. The molecule has 0 aliphatic carbocycles. The number of phenols is 1. The Bertz CT molecular complexity index is 874. The van der Waals surface area contributed by atoms with Crippen LogP contribution in [0.5, 0.6) is 5.75 Å². The van der Waals surface area contributed by atoms with E-state index >= 15 is 0 Å². The van der Waals surface area contributed by atoms with E-state index in [0.29, 0.717) is 10.5 Å². The van der Waals surface area contributed by atoms with Crippen molar-refractivity contribution in [2.45, 2.75) is 0 Å². The highest BCUT2D eigenvalue weighted by molar-refractivity contribution is 6.39. The third-order valence-electron chi connectivity index (χ3n) is 3.40. The van der Waals surface area contributed by atoms with Gasteiger partial charge in [0, 0.05) is 0 Å². The van der Waals surface area contributed by atoms with Crippen LogP contribution in [-0.2, 0) is 9.59 Å². The van der Waals surface area contributed by atoms with Crippen LogP contribution in [0.4, 0.5) is 14.9 Å². The minimum absolute atomic E-state index is 0.0275. The molecule has 1 heterocycles. The van der Waals surface area contributed by atoms with Gasteiger partial charge in [-0.3, -0.25) is 14.9 Å². The highest BCUT2D eigenvalue weighted by Gasteiger charge is 2.37. The summed E-state index contributed by atoms with van der Waals surface area (Å²) in [5.41, 5.74) is -0.0956. The van der Waals surface area contributed by atoms with Crippen molar-refractivity contribution in [1.82, 2.24) is 5.32 Å². The predicted octanol–water partition coefficient (Wildman–Crippen LogP) is 2.20. The standard InChI is InChI=1S/C17H11FN2O4/c18-13-3-1-2-4-14(13)20-16(23)12(15(22)19-17(20)24)9-10-5-7-11(21)8-6-10/h1-9,21H,(H,19,22,24). The molecule has 0 bridgehead atoms. The molecule has 0 spiro atoms. The molecule has 0 atom stereocenters. The Labute approximate surface area is 135 Å². The van der Waals surface area contributed by atoms with Gasteiger partial charge in [0.25, 0.3) is 11.8 Å². The highest BCUT2D eigenvalue weighted by Crippen LogP contribution is 2.24. The van der Waals surface area contributed by atoms with Crippen molar-refractivity contribution in [3.05, 3.63) is 65.5 Å². The summed E-state index contributed by atoms with van der Waals surface area (Å²) in [5, 5.41) is 11.3. The lowest BCUT2D eigenvalue weighted by Crippen LogP contribution is -2.54. The fraction of sp³-hybridized carbons (Fsp3) is 0. The summed E-state index contributed by atoms with van der Waals surface area (Å²) < 4.78 is 13.9. The lowest BCUT2D eigenvalue weighted by Gasteiger charge is -2.26. The second-order valence-electron chi connectivity index (χ2n) is 5.00. The van der Waals surface area contributed by atoms with E-state index in [1.54, 1.807) is 0 Å². The van der Waals surface area contributed by atoms with Gasteiger partial charge in [-0.15, -0.1) is 0 Å². The van der Waals surface area contributed by atoms with E-state index < -0.39 is 23.7 Å². The molecule has 4 amide bonds. The number of halogens is 1. The second kappa shape index (κ2) is 5.96. The smallest absolute Gasteiger partial charge is 0.336 e. The number of carbonyl (C=O) groups excluding carboxylic acids is 3. The van der Waals surface area contributed by atoms with Gasteiger partial charge in [-0.25, -0.2) is 14.1 Å². The third kappa shape index (κ3) is 2.74. The maximum atomic E-state index is 13.9. The number of anilines is 1. The van der Waals surface area contributed by atoms with Gasteiger partial charge in [-0.05, 0) is 35.9 Å². The second-order valence-corrected chi connectivity index (χ2v) is 5.00. The van der Waals surface area contributed by atoms with Crippen LogP contribution in [0.25, 0.3) is 6.08 Å². The van der Waals surface area contributed by atoms with Crippen molar-refractivity contribution in [3.63, 3.8) is 0 Å². The zero-order valence-electron chi connectivity index (χ0n) is 12.2. The molecule has 24 heavy (non-hydrogen) atoms. The van der Waals surface area contributed by atoms with E-state index in [1.807, 2.05) is 5.32 Å². The number of carbonyl (C=O) groups is 3. The summed E-state index contributed by atoms with van der Waals surface area (Å²) in [7, 11) is 0. The first-order chi connectivity index (χ1) is 11.5. The van der Waals surface area contributed by atoms with Crippen LogP contribution in [0.1, 0.15) is 5.56 Å². The summed E-state index contributed by atoms with van der Waals surface area (Å²) >= 11 is 0. The maximum absolute atomic E-state index is 13.9. The number of urea groups is 1. The Morgan fingerprint density at radius 3 is 2.33 bits per heavy atom. The van der Waals surface area contributed by atoms with Gasteiger partial charge in [-0.1, -0.05) is 24.3 Å². The van der Waals surface area contributed by atoms with Crippen molar-refractivity contribution in [2.75, 3.05) is 4.90 Å². The zero-order chi connectivity index (χ0) is 17.3. The third-order valence-corrected chi connectivity index (χ3v) is 3.40. The highest BCUT2D eigenvalue weighted by atomic mass is 19.1. The number of barbiturate groups is 1. The van der Waals surface area contributed by atoms with Crippen LogP contribution in [0.15, 0.2) is 54.1 Å². The fourth-order valence-corrected chi connectivity index (χ4v) is 2.25. The number of amides is 4. The van der Waals surface area contributed by atoms with Crippen LogP contribution in [0, 0.1) is 5.82 Å². The van der Waals surface area contributed by atoms with E-state index in [2.05, 4.69) is 0 Å². The van der Waals surface area contributed by atoms with Gasteiger partial charge in [0.1, 0.15) is 17.1 Å². The zero-order valence-corrected chi connectivity index (χ0v) is 12.2. The number of para-hydroxylation sites is 1. The average Bonchev–Trinajstić information content (AvgIpc) is 2.55. The quantitative estimate of drug-likeness (QED) is 0.654. The van der Waals surface area contributed by atoms with Crippen molar-refractivity contribution < 1.29 is 23.9 Å². The van der Waals surface area contributed by atoms with E-state index in [1.165, 1.54) is 48.5 Å². The van der Waals surface area contributed by atoms with Crippen LogP contribution in [0.2, 0.25) is 0 Å². The molecule has 1 fully saturated rings. The SMILES string of the molecule is O=C1NC(=O)N(c2ccccc2F)C(=O)C1=Cc1ccc(O)cc1. The number of aromatic hydroxyl groups is 1. The molecule has 0 saturated carbocycles. The number of benzene rings is 2. The summed E-state index contributed by atoms with van der Waals surface area (Å²) in [5.74, 6) is -2.54. The van der Waals surface area contributed by atoms with Crippen molar-refractivity contribution in [1.29, 1.82) is 0 Å². The molecule has 0 unspecified atom stereocenters. The van der Waals surface area contributed by atoms with Gasteiger partial charge in [-0.2, -0.15) is 0 Å². The monoisotopic (exact) mass is 326 g/mol. The molecular formula is C17H11FN2O4. The largest absolute Gasteiger partial charge is 0.508 e. The van der Waals surface area contributed by atoms with E-state index in [-0.39, 0.29) is 17.0 Å². The molecule has 7 heteroatoms. The molecule has 120 valence electrons. The molecular weight excluding hydrogens is 315 g/mol.